The number of pyridine rings is 2. The molecule has 0 saturated carbocycles. The molecule has 0 unspecified atom stereocenters. The number of H-pyrrole nitrogens is 3. The molecule has 0 aliphatic carbocycles. The molecular formula is C20H13N7S. The van der Waals surface area contributed by atoms with Gasteiger partial charge in [0.05, 0.1) is 29.3 Å². The molecule has 6 rings (SSSR count). The van der Waals surface area contributed by atoms with Gasteiger partial charge in [-0.3, -0.25) is 15.2 Å². The van der Waals surface area contributed by atoms with Crippen molar-refractivity contribution < 1.29 is 0 Å². The summed E-state index contributed by atoms with van der Waals surface area (Å²) >= 11 is 1.69. The van der Waals surface area contributed by atoms with Crippen LogP contribution < -0.4 is 0 Å². The zero-order chi connectivity index (χ0) is 18.5. The average molecular weight is 383 g/mol. The minimum absolute atomic E-state index is 0.844. The first-order valence-corrected chi connectivity index (χ1v) is 9.65. The van der Waals surface area contributed by atoms with E-state index in [2.05, 4.69) is 58.2 Å². The van der Waals surface area contributed by atoms with Crippen LogP contribution in [0.3, 0.4) is 0 Å². The van der Waals surface area contributed by atoms with Crippen LogP contribution in [0, 0.1) is 0 Å². The van der Waals surface area contributed by atoms with Crippen LogP contribution in [-0.4, -0.2) is 35.3 Å². The van der Waals surface area contributed by atoms with Crippen LogP contribution in [0.4, 0.5) is 0 Å². The number of nitrogens with one attached hydrogen (secondary N) is 3. The fraction of sp³-hybridized carbons (Fsp3) is 0. The Balaban J connectivity index is 1.55. The highest BCUT2D eigenvalue weighted by atomic mass is 32.1. The van der Waals surface area contributed by atoms with Gasteiger partial charge in [-0.2, -0.15) is 21.5 Å². The van der Waals surface area contributed by atoms with Crippen molar-refractivity contribution in [3.8, 4) is 33.8 Å². The van der Waals surface area contributed by atoms with E-state index in [0.29, 0.717) is 0 Å². The Morgan fingerprint density at radius 3 is 2.82 bits per heavy atom. The normalized spacial score (nSPS) is 11.6. The quantitative estimate of drug-likeness (QED) is 0.415. The first-order chi connectivity index (χ1) is 13.9. The molecule has 6 aromatic heterocycles. The number of nitrogens with zero attached hydrogens (tertiary/aromatic N) is 4. The van der Waals surface area contributed by atoms with Crippen molar-refractivity contribution in [2.75, 3.05) is 0 Å². The summed E-state index contributed by atoms with van der Waals surface area (Å²) < 4.78 is 0. The number of aromatic nitrogens is 7. The highest BCUT2D eigenvalue weighted by molar-refractivity contribution is 7.08. The summed E-state index contributed by atoms with van der Waals surface area (Å²) in [5.41, 5.74) is 7.63. The lowest BCUT2D eigenvalue weighted by Gasteiger charge is -1.98. The van der Waals surface area contributed by atoms with Crippen LogP contribution in [-0.2, 0) is 0 Å². The summed E-state index contributed by atoms with van der Waals surface area (Å²) in [4.78, 5) is 12.4. The molecule has 28 heavy (non-hydrogen) atoms. The third-order valence-corrected chi connectivity index (χ3v) is 5.54. The van der Waals surface area contributed by atoms with E-state index >= 15 is 0 Å². The number of fused-ring (bicyclic) bond motifs is 2. The van der Waals surface area contributed by atoms with Crippen LogP contribution in [0.2, 0.25) is 0 Å². The van der Waals surface area contributed by atoms with Crippen molar-refractivity contribution in [1.82, 2.24) is 35.3 Å². The second-order valence-electron chi connectivity index (χ2n) is 6.49. The van der Waals surface area contributed by atoms with E-state index in [1.807, 2.05) is 24.5 Å². The predicted octanol–water partition coefficient (Wildman–Crippen LogP) is 4.62. The summed E-state index contributed by atoms with van der Waals surface area (Å²) in [5, 5.41) is 20.7. The Morgan fingerprint density at radius 2 is 1.96 bits per heavy atom. The van der Waals surface area contributed by atoms with Gasteiger partial charge >= 0.3 is 0 Å². The van der Waals surface area contributed by atoms with E-state index < -0.39 is 0 Å². The largest absolute Gasteiger partial charge is 0.338 e. The molecule has 6 aromatic rings. The van der Waals surface area contributed by atoms with Gasteiger partial charge in [0.15, 0.2) is 0 Å². The smallest absolute Gasteiger partial charge is 0.138 e. The molecule has 0 radical (unpaired) electrons. The lowest BCUT2D eigenvalue weighted by atomic mass is 10.1. The minimum atomic E-state index is 0.844. The van der Waals surface area contributed by atoms with E-state index in [0.717, 1.165) is 50.1 Å². The van der Waals surface area contributed by atoms with Gasteiger partial charge in [-0.1, -0.05) is 0 Å². The zero-order valence-electron chi connectivity index (χ0n) is 14.5. The first-order valence-electron chi connectivity index (χ1n) is 8.71. The Morgan fingerprint density at radius 1 is 0.964 bits per heavy atom. The van der Waals surface area contributed by atoms with Gasteiger partial charge in [-0.05, 0) is 46.2 Å². The van der Waals surface area contributed by atoms with Crippen LogP contribution in [0.25, 0.3) is 55.7 Å². The van der Waals surface area contributed by atoms with Crippen molar-refractivity contribution in [3.63, 3.8) is 0 Å². The Kier molecular flexibility index (Phi) is 3.20. The van der Waals surface area contributed by atoms with Crippen LogP contribution in [0.1, 0.15) is 0 Å². The predicted molar refractivity (Wildman–Crippen MR) is 110 cm³/mol. The van der Waals surface area contributed by atoms with Gasteiger partial charge in [0.25, 0.3) is 0 Å². The number of hydrogen-bond donors (Lipinski definition) is 3. The summed E-state index contributed by atoms with van der Waals surface area (Å²) in [5.74, 6) is 0. The highest BCUT2D eigenvalue weighted by Gasteiger charge is 2.15. The fourth-order valence-electron chi connectivity index (χ4n) is 3.49. The third kappa shape index (κ3) is 2.28. The molecule has 0 atom stereocenters. The summed E-state index contributed by atoms with van der Waals surface area (Å²) in [6.07, 6.45) is 7.22. The average Bonchev–Trinajstić information content (AvgIpc) is 3.53. The van der Waals surface area contributed by atoms with Crippen LogP contribution >= 0.6 is 11.3 Å². The molecule has 0 aromatic carbocycles. The topological polar surface area (TPSA) is 98.9 Å². The standard InChI is InChI=1S/C20H13N7S/c1-3-21-20-14(13(1)11-2-4-28-10-11)5-17(25-20)19-15-6-16(12-7-23-24-8-12)22-9-18(15)26-27-19/h1-10H,(H,21,25)(H,23,24)(H,26,27). The molecule has 0 aliphatic rings. The molecular weight excluding hydrogens is 370 g/mol. The molecule has 8 heteroatoms. The number of rotatable bonds is 3. The van der Waals surface area contributed by atoms with Crippen LogP contribution in [0.15, 0.2) is 59.8 Å². The third-order valence-electron chi connectivity index (χ3n) is 4.86. The van der Waals surface area contributed by atoms with Crippen molar-refractivity contribution in [2.45, 2.75) is 0 Å². The van der Waals surface area contributed by atoms with Gasteiger partial charge in [0.2, 0.25) is 0 Å². The van der Waals surface area contributed by atoms with Crippen molar-refractivity contribution in [1.29, 1.82) is 0 Å². The van der Waals surface area contributed by atoms with Gasteiger partial charge in [-0.25, -0.2) is 4.98 Å². The maximum absolute atomic E-state index is 4.53. The van der Waals surface area contributed by atoms with E-state index in [-0.39, 0.29) is 0 Å². The van der Waals surface area contributed by atoms with Gasteiger partial charge < -0.3 is 4.98 Å². The number of aromatic amines is 3. The molecule has 0 bridgehead atoms. The van der Waals surface area contributed by atoms with Gasteiger partial charge in [-0.15, -0.1) is 0 Å². The van der Waals surface area contributed by atoms with Crippen molar-refractivity contribution in [2.24, 2.45) is 0 Å². The summed E-state index contributed by atoms with van der Waals surface area (Å²) in [6.45, 7) is 0. The van der Waals surface area contributed by atoms with Crippen molar-refractivity contribution in [3.05, 3.63) is 59.8 Å². The van der Waals surface area contributed by atoms with E-state index in [9.17, 15) is 0 Å². The molecule has 0 spiro atoms. The molecule has 6 heterocycles. The van der Waals surface area contributed by atoms with E-state index in [4.69, 9.17) is 0 Å². The summed E-state index contributed by atoms with van der Waals surface area (Å²) in [7, 11) is 0. The highest BCUT2D eigenvalue weighted by Crippen LogP contribution is 2.34. The Labute approximate surface area is 162 Å². The second kappa shape index (κ2) is 5.86. The van der Waals surface area contributed by atoms with Gasteiger partial charge in [0, 0.05) is 28.7 Å². The molecule has 3 N–H and O–H groups in total. The number of hydrogen-bond acceptors (Lipinski definition) is 5. The molecule has 0 amide bonds. The molecule has 7 nitrogen and oxygen atoms in total. The minimum Gasteiger partial charge on any atom is -0.338 e. The zero-order valence-corrected chi connectivity index (χ0v) is 15.3. The lowest BCUT2D eigenvalue weighted by Crippen LogP contribution is -1.83. The van der Waals surface area contributed by atoms with Crippen molar-refractivity contribution >= 4 is 33.3 Å². The first kappa shape index (κ1) is 15.3. The van der Waals surface area contributed by atoms with E-state index in [1.54, 1.807) is 23.7 Å². The second-order valence-corrected chi connectivity index (χ2v) is 7.27. The molecule has 0 saturated heterocycles. The molecule has 0 fully saturated rings. The maximum Gasteiger partial charge on any atom is 0.138 e. The molecule has 0 aliphatic heterocycles. The monoisotopic (exact) mass is 383 g/mol. The Bertz CT molecular complexity index is 1410. The molecule has 134 valence electrons. The summed E-state index contributed by atoms with van der Waals surface area (Å²) in [6, 6.07) is 8.31. The fourth-order valence-corrected chi connectivity index (χ4v) is 4.15. The SMILES string of the molecule is c1cc(-c2ccsc2)c2cc(-c3n[nH]c4cnc(-c5cn[nH]c5)cc34)[nH]c2n1. The Hall–Kier alpha value is -3.78. The van der Waals surface area contributed by atoms with E-state index in [1.165, 1.54) is 5.56 Å². The lowest BCUT2D eigenvalue weighted by molar-refractivity contribution is 1.09. The number of thiophene rings is 1. The maximum atomic E-state index is 4.53. The van der Waals surface area contributed by atoms with Crippen LogP contribution in [0.5, 0.6) is 0 Å². The van der Waals surface area contributed by atoms with Gasteiger partial charge in [0.1, 0.15) is 11.3 Å².